The third kappa shape index (κ3) is 4.07. The Kier molecular flexibility index (Phi) is 5.58. The number of pyridine rings is 1. The summed E-state index contributed by atoms with van der Waals surface area (Å²) in [6, 6.07) is 14.3. The number of fused-ring (bicyclic) bond motifs is 1. The lowest BCUT2D eigenvalue weighted by Crippen LogP contribution is -2.40. The van der Waals surface area contributed by atoms with Crippen LogP contribution in [0, 0.1) is 0 Å². The van der Waals surface area contributed by atoms with Crippen molar-refractivity contribution in [2.24, 2.45) is 0 Å². The largest absolute Gasteiger partial charge is 0.412 e. The number of rotatable bonds is 5. The van der Waals surface area contributed by atoms with E-state index in [4.69, 9.17) is 4.43 Å². The molecule has 1 fully saturated rings. The Labute approximate surface area is 188 Å². The molecule has 0 N–H and O–H groups in total. The highest BCUT2D eigenvalue weighted by molar-refractivity contribution is 9.10. The van der Waals surface area contributed by atoms with E-state index in [9.17, 15) is 4.79 Å². The first-order valence-corrected chi connectivity index (χ1v) is 14.4. The molecule has 3 nitrogen and oxygen atoms in total. The van der Waals surface area contributed by atoms with Crippen molar-refractivity contribution >= 4 is 35.0 Å². The Morgan fingerprint density at radius 2 is 1.87 bits per heavy atom. The van der Waals surface area contributed by atoms with Gasteiger partial charge in [-0.3, -0.25) is 9.36 Å². The number of nitrogens with zero attached hydrogens (tertiary/aromatic N) is 1. The van der Waals surface area contributed by atoms with Crippen LogP contribution in [0.2, 0.25) is 18.1 Å². The van der Waals surface area contributed by atoms with Crippen LogP contribution in [0.25, 0.3) is 16.5 Å². The Hall–Kier alpha value is -1.69. The maximum absolute atomic E-state index is 13.4. The molecule has 0 radical (unpaired) electrons. The quantitative estimate of drug-likeness (QED) is 0.360. The molecule has 1 aromatic heterocycles. The summed E-state index contributed by atoms with van der Waals surface area (Å²) in [5.74, 6) is 0.681. The van der Waals surface area contributed by atoms with Crippen LogP contribution in [-0.2, 0) is 11.0 Å². The van der Waals surface area contributed by atoms with Gasteiger partial charge >= 0.3 is 0 Å². The molecule has 0 bridgehead atoms. The number of halogens is 1. The summed E-state index contributed by atoms with van der Waals surface area (Å²) < 4.78 is 9.22. The van der Waals surface area contributed by atoms with Crippen molar-refractivity contribution in [3.8, 4) is 5.69 Å². The Balaban J connectivity index is 1.75. The van der Waals surface area contributed by atoms with Gasteiger partial charge in [0, 0.05) is 21.6 Å². The first kappa shape index (κ1) is 21.5. The molecule has 1 aliphatic carbocycles. The summed E-state index contributed by atoms with van der Waals surface area (Å²) >= 11 is 3.69. The van der Waals surface area contributed by atoms with E-state index in [1.807, 2.05) is 30.5 Å². The fraction of sp³-hybridized carbons (Fsp3) is 0.400. The van der Waals surface area contributed by atoms with Crippen molar-refractivity contribution in [3.63, 3.8) is 0 Å². The Bertz CT molecular complexity index is 1160. The van der Waals surface area contributed by atoms with Gasteiger partial charge in [-0.1, -0.05) is 54.9 Å². The molecule has 158 valence electrons. The van der Waals surface area contributed by atoms with E-state index in [1.54, 1.807) is 4.57 Å². The normalized spacial score (nSPS) is 15.0. The van der Waals surface area contributed by atoms with Crippen LogP contribution in [0.1, 0.15) is 50.7 Å². The van der Waals surface area contributed by atoms with Gasteiger partial charge in [0.15, 0.2) is 8.32 Å². The lowest BCUT2D eigenvalue weighted by atomic mass is 10.1. The van der Waals surface area contributed by atoms with Gasteiger partial charge in [0.05, 0.1) is 12.3 Å². The standard InChI is InChI=1S/C25H30BrNO2Si/c1-25(2,3)30(4,5)29-16-21-22(26)7-6-8-23(21)27-14-13-19-15-18(17-9-10-17)11-12-20(19)24(27)28/h6-8,11-15,17H,9-10,16H2,1-5H3. The molecule has 30 heavy (non-hydrogen) atoms. The van der Waals surface area contributed by atoms with E-state index < -0.39 is 8.32 Å². The molecular formula is C25H30BrNO2Si. The van der Waals surface area contributed by atoms with Gasteiger partial charge in [0.25, 0.3) is 5.56 Å². The van der Waals surface area contributed by atoms with Crippen LogP contribution >= 0.6 is 15.9 Å². The minimum atomic E-state index is -1.91. The lowest BCUT2D eigenvalue weighted by molar-refractivity contribution is 0.275. The zero-order valence-corrected chi connectivity index (χ0v) is 21.0. The molecule has 1 heterocycles. The summed E-state index contributed by atoms with van der Waals surface area (Å²) in [5.41, 5.74) is 3.26. The third-order valence-corrected chi connectivity index (χ3v) is 11.9. The molecule has 0 aliphatic heterocycles. The van der Waals surface area contributed by atoms with Crippen molar-refractivity contribution in [1.82, 2.24) is 4.57 Å². The third-order valence-electron chi connectivity index (χ3n) is 6.71. The number of benzene rings is 2. The van der Waals surface area contributed by atoms with Crippen LogP contribution in [0.15, 0.2) is 57.9 Å². The lowest BCUT2D eigenvalue weighted by Gasteiger charge is -2.36. The SMILES string of the molecule is CC(C)(C)[Si](C)(C)OCc1c(Br)cccc1-n1ccc2cc(C3CC3)ccc2c1=O. The number of hydrogen-bond acceptors (Lipinski definition) is 2. The van der Waals surface area contributed by atoms with Gasteiger partial charge in [-0.05, 0) is 72.1 Å². The van der Waals surface area contributed by atoms with E-state index in [2.05, 4.69) is 68.0 Å². The first-order valence-electron chi connectivity index (χ1n) is 10.7. The van der Waals surface area contributed by atoms with E-state index in [1.165, 1.54) is 18.4 Å². The molecular weight excluding hydrogens is 454 g/mol. The van der Waals surface area contributed by atoms with Gasteiger partial charge in [0.2, 0.25) is 0 Å². The molecule has 0 unspecified atom stereocenters. The molecule has 3 aromatic rings. The summed E-state index contributed by atoms with van der Waals surface area (Å²) in [4.78, 5) is 13.4. The minimum absolute atomic E-state index is 0.0153. The van der Waals surface area contributed by atoms with Gasteiger partial charge in [0.1, 0.15) is 0 Å². The van der Waals surface area contributed by atoms with E-state index in [0.29, 0.717) is 12.5 Å². The molecule has 5 heteroatoms. The summed E-state index contributed by atoms with van der Waals surface area (Å²) in [7, 11) is -1.91. The van der Waals surface area contributed by atoms with Gasteiger partial charge in [-0.25, -0.2) is 0 Å². The highest BCUT2D eigenvalue weighted by Crippen LogP contribution is 2.41. The molecule has 0 spiro atoms. The molecule has 0 atom stereocenters. The van der Waals surface area contributed by atoms with Crippen LogP contribution in [0.3, 0.4) is 0 Å². The smallest absolute Gasteiger partial charge is 0.262 e. The van der Waals surface area contributed by atoms with Crippen molar-refractivity contribution in [3.05, 3.63) is 74.6 Å². The first-order chi connectivity index (χ1) is 14.1. The predicted octanol–water partition coefficient (Wildman–Crippen LogP) is 7.15. The van der Waals surface area contributed by atoms with Crippen molar-refractivity contribution in [2.45, 2.75) is 64.3 Å². The van der Waals surface area contributed by atoms with E-state index >= 15 is 0 Å². The molecule has 0 saturated heterocycles. The minimum Gasteiger partial charge on any atom is -0.412 e. The average molecular weight is 485 g/mol. The summed E-state index contributed by atoms with van der Waals surface area (Å²) in [5, 5.41) is 1.92. The monoisotopic (exact) mass is 483 g/mol. The predicted molar refractivity (Wildman–Crippen MR) is 131 cm³/mol. The van der Waals surface area contributed by atoms with Crippen molar-refractivity contribution in [1.29, 1.82) is 0 Å². The van der Waals surface area contributed by atoms with E-state index in [-0.39, 0.29) is 10.6 Å². The molecule has 1 saturated carbocycles. The molecule has 4 rings (SSSR count). The van der Waals surface area contributed by atoms with Crippen molar-refractivity contribution < 1.29 is 4.43 Å². The highest BCUT2D eigenvalue weighted by Gasteiger charge is 2.37. The number of hydrogen-bond donors (Lipinski definition) is 0. The summed E-state index contributed by atoms with van der Waals surface area (Å²) in [6.45, 7) is 11.7. The van der Waals surface area contributed by atoms with Gasteiger partial charge in [-0.15, -0.1) is 0 Å². The summed E-state index contributed by atoms with van der Waals surface area (Å²) in [6.07, 6.45) is 4.43. The van der Waals surface area contributed by atoms with Crippen LogP contribution in [0.5, 0.6) is 0 Å². The second-order valence-electron chi connectivity index (χ2n) is 9.90. The van der Waals surface area contributed by atoms with Crippen molar-refractivity contribution in [2.75, 3.05) is 0 Å². The fourth-order valence-corrected chi connectivity index (χ4v) is 4.92. The second kappa shape index (κ2) is 7.77. The van der Waals surface area contributed by atoms with Crippen LogP contribution < -0.4 is 5.56 Å². The topological polar surface area (TPSA) is 31.2 Å². The van der Waals surface area contributed by atoms with Crippen LogP contribution in [0.4, 0.5) is 0 Å². The van der Waals surface area contributed by atoms with E-state index in [0.717, 1.165) is 26.5 Å². The van der Waals surface area contributed by atoms with Gasteiger partial charge < -0.3 is 4.43 Å². The van der Waals surface area contributed by atoms with Gasteiger partial charge in [-0.2, -0.15) is 0 Å². The fourth-order valence-electron chi connectivity index (χ4n) is 3.51. The maximum atomic E-state index is 13.4. The highest BCUT2D eigenvalue weighted by atomic mass is 79.9. The average Bonchev–Trinajstić information content (AvgIpc) is 3.51. The molecule has 2 aromatic carbocycles. The maximum Gasteiger partial charge on any atom is 0.262 e. The zero-order valence-electron chi connectivity index (χ0n) is 18.5. The Morgan fingerprint density at radius 1 is 1.13 bits per heavy atom. The Morgan fingerprint density at radius 3 is 2.53 bits per heavy atom. The molecule has 1 aliphatic rings. The zero-order chi connectivity index (χ0) is 21.7. The molecule has 0 amide bonds. The van der Waals surface area contributed by atoms with Crippen LogP contribution in [-0.4, -0.2) is 12.9 Å². The second-order valence-corrected chi connectivity index (χ2v) is 15.6. The number of aromatic nitrogens is 1.